The first-order chi connectivity index (χ1) is 11.5. The zero-order valence-electron chi connectivity index (χ0n) is 13.7. The van der Waals surface area contributed by atoms with Crippen LogP contribution in [-0.4, -0.2) is 37.0 Å². The minimum Gasteiger partial charge on any atom is -0.493 e. The van der Waals surface area contributed by atoms with Crippen molar-refractivity contribution in [1.82, 2.24) is 4.90 Å². The molecule has 24 heavy (non-hydrogen) atoms. The summed E-state index contributed by atoms with van der Waals surface area (Å²) in [6.45, 7) is 2.85. The average molecular weight is 348 g/mol. The predicted molar refractivity (Wildman–Crippen MR) is 92.4 cm³/mol. The van der Waals surface area contributed by atoms with Crippen LogP contribution in [0.5, 0.6) is 11.5 Å². The van der Waals surface area contributed by atoms with Crippen LogP contribution in [0.15, 0.2) is 35.7 Å². The third kappa shape index (κ3) is 4.48. The van der Waals surface area contributed by atoms with Gasteiger partial charge >= 0.3 is 0 Å². The molecular formula is C17H20N2O4S. The summed E-state index contributed by atoms with van der Waals surface area (Å²) < 4.78 is 10.5. The van der Waals surface area contributed by atoms with Gasteiger partial charge in [0.15, 0.2) is 18.1 Å². The van der Waals surface area contributed by atoms with Crippen molar-refractivity contribution >= 4 is 23.2 Å². The molecular weight excluding hydrogens is 328 g/mol. The fraction of sp³-hybridized carbons (Fsp3) is 0.294. The number of methoxy groups -OCH3 is 1. The van der Waals surface area contributed by atoms with E-state index in [2.05, 4.69) is 0 Å². The lowest BCUT2D eigenvalue weighted by molar-refractivity contribution is -0.119. The van der Waals surface area contributed by atoms with E-state index in [4.69, 9.17) is 15.2 Å². The lowest BCUT2D eigenvalue weighted by Gasteiger charge is -2.21. The normalized spacial score (nSPS) is 10.2. The Hall–Kier alpha value is -2.54. The summed E-state index contributed by atoms with van der Waals surface area (Å²) >= 11 is 1.62. The Kier molecular flexibility index (Phi) is 6.20. The van der Waals surface area contributed by atoms with Gasteiger partial charge in [-0.25, -0.2) is 0 Å². The van der Waals surface area contributed by atoms with Crippen LogP contribution in [0, 0.1) is 0 Å². The number of amides is 2. The number of nitrogens with two attached hydrogens (primary N) is 1. The Labute approximate surface area is 144 Å². The SMILES string of the molecule is CCN(Cc1cccs1)C(=O)c1ccc(OCC(N)=O)c(OC)c1. The summed E-state index contributed by atoms with van der Waals surface area (Å²) in [6.07, 6.45) is 0. The van der Waals surface area contributed by atoms with Crippen molar-refractivity contribution in [2.45, 2.75) is 13.5 Å². The van der Waals surface area contributed by atoms with Crippen LogP contribution in [0.3, 0.4) is 0 Å². The van der Waals surface area contributed by atoms with Gasteiger partial charge in [-0.1, -0.05) is 6.07 Å². The summed E-state index contributed by atoms with van der Waals surface area (Å²) in [7, 11) is 1.48. The van der Waals surface area contributed by atoms with Gasteiger partial charge < -0.3 is 20.1 Å². The minimum atomic E-state index is -0.578. The maximum absolute atomic E-state index is 12.7. The molecule has 0 saturated carbocycles. The van der Waals surface area contributed by atoms with Gasteiger partial charge in [0.1, 0.15) is 0 Å². The summed E-state index contributed by atoms with van der Waals surface area (Å²) in [6, 6.07) is 8.83. The van der Waals surface area contributed by atoms with Crippen LogP contribution >= 0.6 is 11.3 Å². The monoisotopic (exact) mass is 348 g/mol. The molecule has 0 saturated heterocycles. The second-order valence-corrected chi connectivity index (χ2v) is 6.05. The fourth-order valence-corrected chi connectivity index (χ4v) is 2.89. The first kappa shape index (κ1) is 17.8. The Bertz CT molecular complexity index is 701. The zero-order valence-corrected chi connectivity index (χ0v) is 14.5. The van der Waals surface area contributed by atoms with Crippen molar-refractivity contribution in [3.05, 3.63) is 46.2 Å². The second kappa shape index (κ2) is 8.35. The molecule has 1 heterocycles. The van der Waals surface area contributed by atoms with Crippen molar-refractivity contribution in [3.8, 4) is 11.5 Å². The number of thiophene rings is 1. The molecule has 1 aromatic carbocycles. The van der Waals surface area contributed by atoms with Gasteiger partial charge in [0.05, 0.1) is 13.7 Å². The quantitative estimate of drug-likeness (QED) is 0.793. The lowest BCUT2D eigenvalue weighted by atomic mass is 10.1. The highest BCUT2D eigenvalue weighted by Crippen LogP contribution is 2.28. The number of carbonyl (C=O) groups excluding carboxylic acids is 2. The van der Waals surface area contributed by atoms with E-state index in [1.807, 2.05) is 24.4 Å². The van der Waals surface area contributed by atoms with Gasteiger partial charge in [0.2, 0.25) is 0 Å². The maximum atomic E-state index is 12.7. The van der Waals surface area contributed by atoms with E-state index >= 15 is 0 Å². The molecule has 0 fully saturated rings. The molecule has 0 radical (unpaired) electrons. The molecule has 7 heteroatoms. The lowest BCUT2D eigenvalue weighted by Crippen LogP contribution is -2.30. The van der Waals surface area contributed by atoms with E-state index in [1.54, 1.807) is 34.4 Å². The molecule has 6 nitrogen and oxygen atoms in total. The Balaban J connectivity index is 2.17. The number of primary amides is 1. The van der Waals surface area contributed by atoms with Crippen LogP contribution in [0.2, 0.25) is 0 Å². The Morgan fingerprint density at radius 2 is 2.04 bits per heavy atom. The molecule has 0 spiro atoms. The molecule has 0 bridgehead atoms. The third-order valence-corrected chi connectivity index (χ3v) is 4.24. The summed E-state index contributed by atoms with van der Waals surface area (Å²) in [5.74, 6) is 0.0828. The van der Waals surface area contributed by atoms with Gasteiger partial charge in [-0.15, -0.1) is 11.3 Å². The minimum absolute atomic E-state index is 0.0920. The molecule has 2 N–H and O–H groups in total. The molecule has 2 rings (SSSR count). The number of carbonyl (C=O) groups is 2. The van der Waals surface area contributed by atoms with Crippen molar-refractivity contribution in [2.24, 2.45) is 5.73 Å². The number of ether oxygens (including phenoxy) is 2. The van der Waals surface area contributed by atoms with Gasteiger partial charge in [-0.05, 0) is 36.6 Å². The largest absolute Gasteiger partial charge is 0.493 e. The second-order valence-electron chi connectivity index (χ2n) is 5.02. The third-order valence-electron chi connectivity index (χ3n) is 3.38. The number of hydrogen-bond donors (Lipinski definition) is 1. The first-order valence-corrected chi connectivity index (χ1v) is 8.34. The van der Waals surface area contributed by atoms with Gasteiger partial charge in [-0.2, -0.15) is 0 Å². The maximum Gasteiger partial charge on any atom is 0.255 e. The topological polar surface area (TPSA) is 81.9 Å². The number of hydrogen-bond acceptors (Lipinski definition) is 5. The van der Waals surface area contributed by atoms with Gasteiger partial charge in [0, 0.05) is 17.0 Å². The highest BCUT2D eigenvalue weighted by atomic mass is 32.1. The fourth-order valence-electron chi connectivity index (χ4n) is 2.17. The Morgan fingerprint density at radius 3 is 2.62 bits per heavy atom. The van der Waals surface area contributed by atoms with Gasteiger partial charge in [-0.3, -0.25) is 9.59 Å². The van der Waals surface area contributed by atoms with Crippen molar-refractivity contribution in [1.29, 1.82) is 0 Å². The number of nitrogens with zero attached hydrogens (tertiary/aromatic N) is 1. The molecule has 1 aromatic heterocycles. The molecule has 0 unspecified atom stereocenters. The van der Waals surface area contributed by atoms with E-state index in [9.17, 15) is 9.59 Å². The molecule has 0 aliphatic rings. The van der Waals surface area contributed by atoms with E-state index < -0.39 is 5.91 Å². The number of rotatable bonds is 8. The molecule has 0 aliphatic heterocycles. The van der Waals surface area contributed by atoms with Crippen LogP contribution in [-0.2, 0) is 11.3 Å². The molecule has 2 amide bonds. The summed E-state index contributed by atoms with van der Waals surface area (Å²) in [5, 5.41) is 1.99. The van der Waals surface area contributed by atoms with Crippen LogP contribution in [0.4, 0.5) is 0 Å². The van der Waals surface area contributed by atoms with Crippen LogP contribution in [0.1, 0.15) is 22.2 Å². The summed E-state index contributed by atoms with van der Waals surface area (Å²) in [5.41, 5.74) is 5.56. The molecule has 128 valence electrons. The van der Waals surface area contributed by atoms with E-state index in [0.29, 0.717) is 30.2 Å². The predicted octanol–water partition coefficient (Wildman–Crippen LogP) is 2.28. The average Bonchev–Trinajstić information content (AvgIpc) is 3.10. The smallest absolute Gasteiger partial charge is 0.255 e. The first-order valence-electron chi connectivity index (χ1n) is 7.46. The standard InChI is InChI=1S/C17H20N2O4S/c1-3-19(10-13-5-4-8-24-13)17(21)12-6-7-14(15(9-12)22-2)23-11-16(18)20/h4-9H,3,10-11H2,1-2H3,(H2,18,20). The van der Waals surface area contributed by atoms with Crippen LogP contribution < -0.4 is 15.2 Å². The van der Waals surface area contributed by atoms with Crippen LogP contribution in [0.25, 0.3) is 0 Å². The number of benzene rings is 1. The molecule has 0 atom stereocenters. The highest BCUT2D eigenvalue weighted by molar-refractivity contribution is 7.09. The molecule has 2 aromatic rings. The van der Waals surface area contributed by atoms with Crippen molar-refractivity contribution < 1.29 is 19.1 Å². The Morgan fingerprint density at radius 1 is 1.25 bits per heavy atom. The van der Waals surface area contributed by atoms with Crippen molar-refractivity contribution in [2.75, 3.05) is 20.3 Å². The highest BCUT2D eigenvalue weighted by Gasteiger charge is 2.17. The van der Waals surface area contributed by atoms with E-state index in [1.165, 1.54) is 7.11 Å². The molecule has 0 aliphatic carbocycles. The van der Waals surface area contributed by atoms with Gasteiger partial charge in [0.25, 0.3) is 11.8 Å². The van der Waals surface area contributed by atoms with Crippen molar-refractivity contribution in [3.63, 3.8) is 0 Å². The van der Waals surface area contributed by atoms with E-state index in [0.717, 1.165) is 4.88 Å². The summed E-state index contributed by atoms with van der Waals surface area (Å²) in [4.78, 5) is 26.4. The zero-order chi connectivity index (χ0) is 17.5. The van der Waals surface area contributed by atoms with E-state index in [-0.39, 0.29) is 12.5 Å².